The quantitative estimate of drug-likeness (QED) is 0.220. The Labute approximate surface area is 179 Å². The van der Waals surface area contributed by atoms with Crippen molar-refractivity contribution in [2.45, 2.75) is 122 Å². The number of likely N-dealkylation sites (tertiary alicyclic amines) is 1. The molecule has 1 saturated heterocycles. The number of carbonyl (C=O) groups is 2. The van der Waals surface area contributed by atoms with Gasteiger partial charge in [0.2, 0.25) is 11.8 Å². The number of carbonyl (C=O) groups excluding carboxylic acids is 2. The van der Waals surface area contributed by atoms with Crippen molar-refractivity contribution in [2.75, 3.05) is 6.54 Å². The predicted octanol–water partition coefficient (Wildman–Crippen LogP) is 7.20. The third-order valence-electron chi connectivity index (χ3n) is 7.04. The summed E-state index contributed by atoms with van der Waals surface area (Å²) in [6.45, 7) is 4.41. The molecule has 1 aliphatic carbocycles. The van der Waals surface area contributed by atoms with Crippen molar-refractivity contribution in [3.63, 3.8) is 0 Å². The molecule has 1 heterocycles. The number of hydrogen-bond acceptors (Lipinski definition) is 2. The molecule has 1 atom stereocenters. The van der Waals surface area contributed by atoms with E-state index in [9.17, 15) is 9.59 Å². The summed E-state index contributed by atoms with van der Waals surface area (Å²) < 4.78 is 0. The van der Waals surface area contributed by atoms with Crippen molar-refractivity contribution in [2.24, 2.45) is 11.8 Å². The zero-order valence-corrected chi connectivity index (χ0v) is 18.8. The molecule has 0 N–H and O–H groups in total. The van der Waals surface area contributed by atoms with Gasteiger partial charge in [0, 0.05) is 13.0 Å². The van der Waals surface area contributed by atoms with Gasteiger partial charge in [-0.3, -0.25) is 14.5 Å². The molecule has 2 fully saturated rings. The molecule has 0 aromatic carbocycles. The first-order valence-corrected chi connectivity index (χ1v) is 12.7. The first-order chi connectivity index (χ1) is 14.2. The van der Waals surface area contributed by atoms with Crippen LogP contribution in [0.15, 0.2) is 12.7 Å². The Morgan fingerprint density at radius 1 is 0.759 bits per heavy atom. The minimum absolute atomic E-state index is 0.0238. The summed E-state index contributed by atoms with van der Waals surface area (Å²) in [5.41, 5.74) is 0. The van der Waals surface area contributed by atoms with Gasteiger partial charge in [-0.25, -0.2) is 0 Å². The van der Waals surface area contributed by atoms with E-state index in [2.05, 4.69) is 6.58 Å². The largest absolute Gasteiger partial charge is 0.282 e. The van der Waals surface area contributed by atoms with E-state index in [0.717, 1.165) is 32.1 Å². The van der Waals surface area contributed by atoms with E-state index >= 15 is 0 Å². The SMILES string of the molecule is C=CCCCCCCCCN1C(=O)CC(C2CCCCCCCCCCC2)C1=O. The predicted molar refractivity (Wildman–Crippen MR) is 122 cm³/mol. The Balaban J connectivity index is 1.74. The Bertz CT molecular complexity index is 475. The molecule has 0 spiro atoms. The monoisotopic (exact) mass is 403 g/mol. The Kier molecular flexibility index (Phi) is 12.3. The van der Waals surface area contributed by atoms with Gasteiger partial charge in [-0.15, -0.1) is 6.58 Å². The zero-order chi connectivity index (χ0) is 20.7. The van der Waals surface area contributed by atoms with Crippen LogP contribution in [-0.4, -0.2) is 23.3 Å². The van der Waals surface area contributed by atoms with E-state index < -0.39 is 0 Å². The highest BCUT2D eigenvalue weighted by Gasteiger charge is 2.41. The lowest BCUT2D eigenvalue weighted by molar-refractivity contribution is -0.140. The van der Waals surface area contributed by atoms with Gasteiger partial charge in [0.1, 0.15) is 0 Å². The lowest BCUT2D eigenvalue weighted by Crippen LogP contribution is -2.33. The van der Waals surface area contributed by atoms with Crippen LogP contribution >= 0.6 is 0 Å². The van der Waals surface area contributed by atoms with Crippen molar-refractivity contribution in [1.82, 2.24) is 4.90 Å². The van der Waals surface area contributed by atoms with E-state index in [0.29, 0.717) is 18.9 Å². The van der Waals surface area contributed by atoms with Gasteiger partial charge in [-0.2, -0.15) is 0 Å². The highest BCUT2D eigenvalue weighted by molar-refractivity contribution is 6.03. The summed E-state index contributed by atoms with van der Waals surface area (Å²) >= 11 is 0. The fraction of sp³-hybridized carbons (Fsp3) is 0.846. The van der Waals surface area contributed by atoms with Crippen LogP contribution in [0.3, 0.4) is 0 Å². The average Bonchev–Trinajstić information content (AvgIpc) is 2.98. The van der Waals surface area contributed by atoms with Crippen LogP contribution in [0.1, 0.15) is 122 Å². The molecular weight excluding hydrogens is 358 g/mol. The molecule has 1 saturated carbocycles. The van der Waals surface area contributed by atoms with Gasteiger partial charge < -0.3 is 0 Å². The standard InChI is InChI=1S/C26H45NO2/c1-2-3-4-5-6-12-15-18-21-27-25(28)22-24(26(27)29)23-19-16-13-10-8-7-9-11-14-17-20-23/h2,23-24H,1,3-22H2. The number of rotatable bonds is 10. The molecule has 166 valence electrons. The summed E-state index contributed by atoms with van der Waals surface area (Å²) in [5.74, 6) is 0.653. The second kappa shape index (κ2) is 14.8. The molecule has 0 aromatic heterocycles. The van der Waals surface area contributed by atoms with Gasteiger partial charge in [0.15, 0.2) is 0 Å². The van der Waals surface area contributed by atoms with Crippen LogP contribution in [0, 0.1) is 11.8 Å². The van der Waals surface area contributed by atoms with E-state index in [1.807, 2.05) is 6.08 Å². The second-order valence-electron chi connectivity index (χ2n) is 9.41. The maximum absolute atomic E-state index is 13.0. The normalized spacial score (nSPS) is 23.0. The van der Waals surface area contributed by atoms with Crippen LogP contribution in [0.4, 0.5) is 0 Å². The first kappa shape index (κ1) is 24.2. The van der Waals surface area contributed by atoms with Crippen molar-refractivity contribution in [1.29, 1.82) is 0 Å². The summed E-state index contributed by atoms with van der Waals surface area (Å²) in [7, 11) is 0. The molecule has 3 nitrogen and oxygen atoms in total. The molecule has 29 heavy (non-hydrogen) atoms. The Hall–Kier alpha value is -1.12. The van der Waals surface area contributed by atoms with E-state index in [1.54, 1.807) is 4.90 Å². The summed E-state index contributed by atoms with van der Waals surface area (Å²) in [4.78, 5) is 27.2. The summed E-state index contributed by atoms with van der Waals surface area (Å²) in [5, 5.41) is 0. The van der Waals surface area contributed by atoms with Gasteiger partial charge in [-0.1, -0.05) is 89.5 Å². The van der Waals surface area contributed by atoms with Crippen LogP contribution < -0.4 is 0 Å². The number of unbranched alkanes of at least 4 members (excludes halogenated alkanes) is 6. The fourth-order valence-corrected chi connectivity index (χ4v) is 5.17. The Morgan fingerprint density at radius 3 is 1.86 bits per heavy atom. The van der Waals surface area contributed by atoms with Crippen LogP contribution in [0.25, 0.3) is 0 Å². The third kappa shape index (κ3) is 9.05. The molecule has 0 radical (unpaired) electrons. The number of amides is 2. The lowest BCUT2D eigenvalue weighted by Gasteiger charge is -2.23. The maximum atomic E-state index is 13.0. The minimum atomic E-state index is -0.0238. The first-order valence-electron chi connectivity index (χ1n) is 12.7. The van der Waals surface area contributed by atoms with Gasteiger partial charge >= 0.3 is 0 Å². The van der Waals surface area contributed by atoms with Gasteiger partial charge in [-0.05, 0) is 38.0 Å². The molecule has 3 heteroatoms. The number of allylic oxidation sites excluding steroid dienone is 1. The van der Waals surface area contributed by atoms with Crippen LogP contribution in [-0.2, 0) is 9.59 Å². The van der Waals surface area contributed by atoms with E-state index in [-0.39, 0.29) is 17.7 Å². The van der Waals surface area contributed by atoms with Gasteiger partial charge in [0.05, 0.1) is 5.92 Å². The number of nitrogens with zero attached hydrogens (tertiary/aromatic N) is 1. The second-order valence-corrected chi connectivity index (χ2v) is 9.41. The van der Waals surface area contributed by atoms with Gasteiger partial charge in [0.25, 0.3) is 0 Å². The average molecular weight is 404 g/mol. The molecule has 1 aliphatic heterocycles. The van der Waals surface area contributed by atoms with Crippen molar-refractivity contribution in [3.05, 3.63) is 12.7 Å². The van der Waals surface area contributed by atoms with Crippen molar-refractivity contribution >= 4 is 11.8 Å². The highest BCUT2D eigenvalue weighted by atomic mass is 16.2. The molecule has 2 rings (SSSR count). The van der Waals surface area contributed by atoms with E-state index in [1.165, 1.54) is 83.5 Å². The molecule has 0 bridgehead atoms. The zero-order valence-electron chi connectivity index (χ0n) is 18.8. The summed E-state index contributed by atoms with van der Waals surface area (Å²) in [6, 6.07) is 0. The minimum Gasteiger partial charge on any atom is -0.282 e. The summed E-state index contributed by atoms with van der Waals surface area (Å²) in [6.07, 6.45) is 24.8. The topological polar surface area (TPSA) is 37.4 Å². The number of imide groups is 1. The number of hydrogen-bond donors (Lipinski definition) is 0. The fourth-order valence-electron chi connectivity index (χ4n) is 5.17. The van der Waals surface area contributed by atoms with Crippen LogP contribution in [0.2, 0.25) is 0 Å². The maximum Gasteiger partial charge on any atom is 0.233 e. The smallest absolute Gasteiger partial charge is 0.233 e. The van der Waals surface area contributed by atoms with Crippen LogP contribution in [0.5, 0.6) is 0 Å². The Morgan fingerprint density at radius 2 is 1.28 bits per heavy atom. The third-order valence-corrected chi connectivity index (χ3v) is 7.04. The molecule has 2 aliphatic rings. The highest BCUT2D eigenvalue weighted by Crippen LogP contribution is 2.34. The van der Waals surface area contributed by atoms with Crippen molar-refractivity contribution in [3.8, 4) is 0 Å². The molecular formula is C26H45NO2. The molecule has 2 amide bonds. The van der Waals surface area contributed by atoms with E-state index in [4.69, 9.17) is 0 Å². The lowest BCUT2D eigenvalue weighted by atomic mass is 9.82. The van der Waals surface area contributed by atoms with Crippen molar-refractivity contribution < 1.29 is 9.59 Å². The molecule has 1 unspecified atom stereocenters. The molecule has 0 aromatic rings.